The third kappa shape index (κ3) is 9.60. The molecule has 0 N–H and O–H groups in total. The first-order chi connectivity index (χ1) is 6.00. The van der Waals surface area contributed by atoms with Crippen LogP contribution in [0.2, 0.25) is 0 Å². The molecule has 2 fully saturated rings. The average molecular weight is 212 g/mol. The molecule has 0 atom stereocenters. The zero-order valence-corrected chi connectivity index (χ0v) is 9.52. The molecular formula is C10H21LiS2. The summed E-state index contributed by atoms with van der Waals surface area (Å²) in [6, 6.07) is 0. The number of thioether (sulfide) groups is 2. The van der Waals surface area contributed by atoms with Gasteiger partial charge in [-0.25, -0.2) is 0 Å². The first-order valence-electron chi connectivity index (χ1n) is 5.15. The molecule has 0 bridgehead atoms. The molecule has 0 saturated carbocycles. The Hall–Kier alpha value is 1.30. The molecule has 2 aliphatic heterocycles. The van der Waals surface area contributed by atoms with E-state index in [1.807, 2.05) is 0 Å². The third-order valence-corrected chi connectivity index (χ3v) is 4.46. The monoisotopic (exact) mass is 212 g/mol. The van der Waals surface area contributed by atoms with Gasteiger partial charge >= 0.3 is 18.9 Å². The number of rotatable bonds is 0. The van der Waals surface area contributed by atoms with E-state index in [4.69, 9.17) is 0 Å². The van der Waals surface area contributed by atoms with Gasteiger partial charge in [0.2, 0.25) is 0 Å². The van der Waals surface area contributed by atoms with Crippen LogP contribution >= 0.6 is 23.5 Å². The standard InChI is InChI=1S/2C5H10S.Li.H/c2*1-2-4-6-5-3-1;;/h2*1-5H2;;. The fourth-order valence-electron chi connectivity index (χ4n) is 1.37. The van der Waals surface area contributed by atoms with E-state index in [0.29, 0.717) is 0 Å². The van der Waals surface area contributed by atoms with Crippen LogP contribution in [-0.4, -0.2) is 41.9 Å². The Labute approximate surface area is 104 Å². The van der Waals surface area contributed by atoms with Gasteiger partial charge in [0.1, 0.15) is 0 Å². The second kappa shape index (κ2) is 11.4. The molecule has 0 aromatic heterocycles. The minimum atomic E-state index is 0. The first kappa shape index (κ1) is 14.3. The van der Waals surface area contributed by atoms with Gasteiger partial charge in [0.15, 0.2) is 0 Å². The Balaban J connectivity index is 0.000000206. The number of hydrogen-bond donors (Lipinski definition) is 0. The molecule has 3 heteroatoms. The zero-order chi connectivity index (χ0) is 8.49. The molecule has 0 aromatic rings. The van der Waals surface area contributed by atoms with Gasteiger partial charge in [0, 0.05) is 0 Å². The first-order valence-corrected chi connectivity index (χ1v) is 7.46. The topological polar surface area (TPSA) is 0 Å². The van der Waals surface area contributed by atoms with E-state index in [0.717, 1.165) is 0 Å². The van der Waals surface area contributed by atoms with Crippen molar-refractivity contribution in [3.63, 3.8) is 0 Å². The van der Waals surface area contributed by atoms with Crippen LogP contribution < -0.4 is 0 Å². The average Bonchev–Trinajstić information content (AvgIpc) is 2.24. The molecule has 0 amide bonds. The Kier molecular flexibility index (Phi) is 12.5. The summed E-state index contributed by atoms with van der Waals surface area (Å²) in [6.45, 7) is 0. The van der Waals surface area contributed by atoms with Gasteiger partial charge in [-0.2, -0.15) is 23.5 Å². The molecule has 2 heterocycles. The molecule has 2 saturated heterocycles. The number of hydrogen-bond acceptors (Lipinski definition) is 2. The van der Waals surface area contributed by atoms with Crippen molar-refractivity contribution in [3.05, 3.63) is 0 Å². The van der Waals surface area contributed by atoms with E-state index >= 15 is 0 Å². The summed E-state index contributed by atoms with van der Waals surface area (Å²) in [5.41, 5.74) is 0. The van der Waals surface area contributed by atoms with Crippen LogP contribution in [0, 0.1) is 0 Å². The Morgan fingerprint density at radius 1 is 0.462 bits per heavy atom. The molecule has 0 nitrogen and oxygen atoms in total. The van der Waals surface area contributed by atoms with Crippen molar-refractivity contribution in [1.29, 1.82) is 0 Å². The minimum absolute atomic E-state index is 0. The van der Waals surface area contributed by atoms with E-state index in [9.17, 15) is 0 Å². The molecule has 13 heavy (non-hydrogen) atoms. The quantitative estimate of drug-likeness (QED) is 0.566. The molecule has 0 unspecified atom stereocenters. The summed E-state index contributed by atoms with van der Waals surface area (Å²) in [6.07, 6.45) is 8.81. The molecule has 74 valence electrons. The van der Waals surface area contributed by atoms with Crippen molar-refractivity contribution in [2.24, 2.45) is 0 Å². The van der Waals surface area contributed by atoms with Gasteiger partial charge in [-0.1, -0.05) is 12.8 Å². The van der Waals surface area contributed by atoms with Gasteiger partial charge < -0.3 is 0 Å². The predicted octanol–water partition coefficient (Wildman–Crippen LogP) is 3.16. The van der Waals surface area contributed by atoms with Crippen molar-refractivity contribution in [2.45, 2.75) is 38.5 Å². The van der Waals surface area contributed by atoms with E-state index in [1.54, 1.807) is 0 Å². The normalized spacial score (nSPS) is 22.2. The maximum absolute atomic E-state index is 2.09. The van der Waals surface area contributed by atoms with Gasteiger partial charge in [0.25, 0.3) is 0 Å². The predicted molar refractivity (Wildman–Crippen MR) is 69.5 cm³/mol. The van der Waals surface area contributed by atoms with Crippen molar-refractivity contribution in [2.75, 3.05) is 23.0 Å². The van der Waals surface area contributed by atoms with Crippen molar-refractivity contribution < 1.29 is 0 Å². The second-order valence-corrected chi connectivity index (χ2v) is 5.80. The van der Waals surface area contributed by atoms with Gasteiger partial charge in [-0.3, -0.25) is 0 Å². The van der Waals surface area contributed by atoms with Crippen LogP contribution in [0.15, 0.2) is 0 Å². The fraction of sp³-hybridized carbons (Fsp3) is 1.00. The SMILES string of the molecule is C1CCSCC1.C1CCSCC1.[LiH]. The Bertz CT molecular complexity index is 55.9. The van der Waals surface area contributed by atoms with E-state index in [2.05, 4.69) is 23.5 Å². The van der Waals surface area contributed by atoms with Gasteiger partial charge in [-0.15, -0.1) is 0 Å². The van der Waals surface area contributed by atoms with E-state index < -0.39 is 0 Å². The van der Waals surface area contributed by atoms with Crippen LogP contribution in [0.3, 0.4) is 0 Å². The second-order valence-electron chi connectivity index (χ2n) is 3.35. The maximum atomic E-state index is 2.09. The Morgan fingerprint density at radius 3 is 0.846 bits per heavy atom. The van der Waals surface area contributed by atoms with E-state index in [1.165, 1.54) is 61.5 Å². The van der Waals surface area contributed by atoms with Crippen LogP contribution in [0.4, 0.5) is 0 Å². The Morgan fingerprint density at radius 2 is 0.769 bits per heavy atom. The summed E-state index contributed by atoms with van der Waals surface area (Å²) in [5.74, 6) is 5.67. The van der Waals surface area contributed by atoms with Gasteiger partial charge in [-0.05, 0) is 48.7 Å². The molecule has 0 aliphatic carbocycles. The molecule has 0 aromatic carbocycles. The molecule has 2 rings (SSSR count). The van der Waals surface area contributed by atoms with E-state index in [-0.39, 0.29) is 18.9 Å². The molecule has 0 spiro atoms. The molecular weight excluding hydrogens is 191 g/mol. The van der Waals surface area contributed by atoms with Crippen LogP contribution in [0.1, 0.15) is 38.5 Å². The van der Waals surface area contributed by atoms with Crippen molar-refractivity contribution in [1.82, 2.24) is 0 Å². The summed E-state index contributed by atoms with van der Waals surface area (Å²) in [7, 11) is 0. The van der Waals surface area contributed by atoms with Crippen molar-refractivity contribution >= 4 is 42.4 Å². The van der Waals surface area contributed by atoms with Crippen LogP contribution in [0.5, 0.6) is 0 Å². The molecule has 2 aliphatic rings. The van der Waals surface area contributed by atoms with Crippen molar-refractivity contribution in [3.8, 4) is 0 Å². The summed E-state index contributed by atoms with van der Waals surface area (Å²) < 4.78 is 0. The van der Waals surface area contributed by atoms with Crippen LogP contribution in [0.25, 0.3) is 0 Å². The summed E-state index contributed by atoms with van der Waals surface area (Å²) in [4.78, 5) is 0. The third-order valence-electron chi connectivity index (χ3n) is 2.15. The van der Waals surface area contributed by atoms with Crippen LogP contribution in [-0.2, 0) is 0 Å². The summed E-state index contributed by atoms with van der Waals surface area (Å²) in [5, 5.41) is 0. The zero-order valence-electron chi connectivity index (χ0n) is 7.89. The van der Waals surface area contributed by atoms with Gasteiger partial charge in [0.05, 0.1) is 0 Å². The fourth-order valence-corrected chi connectivity index (χ4v) is 3.42. The molecule has 0 radical (unpaired) electrons. The summed E-state index contributed by atoms with van der Waals surface area (Å²) >= 11 is 4.19.